The molecular weight excluding hydrogens is 182 g/mol. The number of nitrogens with one attached hydrogen (secondary N) is 2. The third kappa shape index (κ3) is 3.18. The predicted octanol–water partition coefficient (Wildman–Crippen LogP) is -0.464. The molecule has 0 aliphatic carbocycles. The molecule has 2 N–H and O–H groups in total. The molecule has 0 aliphatic heterocycles. The lowest BCUT2D eigenvalue weighted by atomic mass is 10.4. The van der Waals surface area contributed by atoms with Crippen LogP contribution in [0.25, 0.3) is 0 Å². The standard InChI is InChI=1S/C9H15N3O2/c1-2-10-6-3-7-12-9(14)5-4-8(13)11-12/h4-5,10H,2-3,6-7H2,1H3,(H,11,13). The Morgan fingerprint density at radius 2 is 2.21 bits per heavy atom. The van der Waals surface area contributed by atoms with Gasteiger partial charge in [-0.1, -0.05) is 6.92 Å². The van der Waals surface area contributed by atoms with Gasteiger partial charge in [0.05, 0.1) is 0 Å². The highest BCUT2D eigenvalue weighted by Gasteiger charge is 1.95. The average Bonchev–Trinajstić information content (AvgIpc) is 2.18. The maximum absolute atomic E-state index is 11.2. The maximum atomic E-state index is 11.2. The van der Waals surface area contributed by atoms with E-state index in [-0.39, 0.29) is 11.1 Å². The summed E-state index contributed by atoms with van der Waals surface area (Å²) in [6.45, 7) is 4.33. The predicted molar refractivity (Wildman–Crippen MR) is 54.5 cm³/mol. The molecule has 1 rings (SSSR count). The van der Waals surface area contributed by atoms with E-state index in [0.29, 0.717) is 6.54 Å². The van der Waals surface area contributed by atoms with Crippen LogP contribution in [-0.4, -0.2) is 22.9 Å². The summed E-state index contributed by atoms with van der Waals surface area (Å²) in [6, 6.07) is 2.52. The summed E-state index contributed by atoms with van der Waals surface area (Å²) in [5.74, 6) is 0. The zero-order valence-electron chi connectivity index (χ0n) is 8.25. The molecule has 14 heavy (non-hydrogen) atoms. The van der Waals surface area contributed by atoms with Crippen LogP contribution in [0.15, 0.2) is 21.7 Å². The molecule has 1 aromatic heterocycles. The van der Waals surface area contributed by atoms with E-state index in [0.717, 1.165) is 19.5 Å². The van der Waals surface area contributed by atoms with Gasteiger partial charge in [-0.15, -0.1) is 0 Å². The van der Waals surface area contributed by atoms with Crippen molar-refractivity contribution in [1.82, 2.24) is 15.1 Å². The monoisotopic (exact) mass is 197 g/mol. The van der Waals surface area contributed by atoms with Gasteiger partial charge in [-0.2, -0.15) is 0 Å². The molecule has 0 atom stereocenters. The smallest absolute Gasteiger partial charge is 0.265 e. The Hall–Kier alpha value is -1.36. The number of nitrogens with zero attached hydrogens (tertiary/aromatic N) is 1. The fourth-order valence-electron chi connectivity index (χ4n) is 1.17. The van der Waals surface area contributed by atoms with Gasteiger partial charge in [0.2, 0.25) is 0 Å². The van der Waals surface area contributed by atoms with Gasteiger partial charge in [-0.3, -0.25) is 19.4 Å². The first kappa shape index (κ1) is 10.7. The van der Waals surface area contributed by atoms with Crippen molar-refractivity contribution < 1.29 is 0 Å². The molecule has 0 unspecified atom stereocenters. The summed E-state index contributed by atoms with van der Waals surface area (Å²) in [6.07, 6.45) is 0.827. The van der Waals surface area contributed by atoms with Crippen molar-refractivity contribution >= 4 is 0 Å². The lowest BCUT2D eigenvalue weighted by molar-refractivity contribution is 0.522. The summed E-state index contributed by atoms with van der Waals surface area (Å²) in [4.78, 5) is 22.1. The number of aryl methyl sites for hydroxylation is 1. The molecule has 0 saturated heterocycles. The molecule has 5 heteroatoms. The van der Waals surface area contributed by atoms with Crippen molar-refractivity contribution in [3.8, 4) is 0 Å². The molecular formula is C9H15N3O2. The van der Waals surface area contributed by atoms with Crippen LogP contribution in [0.2, 0.25) is 0 Å². The van der Waals surface area contributed by atoms with E-state index in [2.05, 4.69) is 10.4 Å². The average molecular weight is 197 g/mol. The van der Waals surface area contributed by atoms with Crippen LogP contribution < -0.4 is 16.4 Å². The SMILES string of the molecule is CCNCCCn1[nH]c(=O)ccc1=O. The van der Waals surface area contributed by atoms with Gasteiger partial charge in [-0.05, 0) is 19.5 Å². The summed E-state index contributed by atoms with van der Waals surface area (Å²) in [5.41, 5.74) is -0.408. The Balaban J connectivity index is 2.54. The van der Waals surface area contributed by atoms with Gasteiger partial charge in [0.15, 0.2) is 0 Å². The second kappa shape index (κ2) is 5.39. The van der Waals surface area contributed by atoms with Crippen molar-refractivity contribution in [2.24, 2.45) is 0 Å². The Morgan fingerprint density at radius 3 is 2.93 bits per heavy atom. The fourth-order valence-corrected chi connectivity index (χ4v) is 1.17. The Kier molecular flexibility index (Phi) is 4.12. The third-order valence-electron chi connectivity index (χ3n) is 1.87. The summed E-state index contributed by atoms with van der Waals surface area (Å²) in [5, 5.41) is 5.62. The second-order valence-corrected chi connectivity index (χ2v) is 3.01. The van der Waals surface area contributed by atoms with Crippen molar-refractivity contribution in [2.75, 3.05) is 13.1 Å². The van der Waals surface area contributed by atoms with Gasteiger partial charge in [-0.25, -0.2) is 0 Å². The lowest BCUT2D eigenvalue weighted by Gasteiger charge is -2.04. The second-order valence-electron chi connectivity index (χ2n) is 3.01. The highest BCUT2D eigenvalue weighted by atomic mass is 16.1. The molecule has 0 radical (unpaired) electrons. The number of hydrogen-bond acceptors (Lipinski definition) is 3. The van der Waals surface area contributed by atoms with Crippen LogP contribution in [0.1, 0.15) is 13.3 Å². The summed E-state index contributed by atoms with van der Waals surface area (Å²) in [7, 11) is 0. The summed E-state index contributed by atoms with van der Waals surface area (Å²) >= 11 is 0. The van der Waals surface area contributed by atoms with E-state index < -0.39 is 0 Å². The molecule has 0 aliphatic rings. The Labute approximate surface area is 81.7 Å². The Morgan fingerprint density at radius 1 is 1.43 bits per heavy atom. The van der Waals surface area contributed by atoms with Crippen molar-refractivity contribution in [1.29, 1.82) is 0 Å². The number of aromatic nitrogens is 2. The molecule has 0 fully saturated rings. The molecule has 0 spiro atoms. The molecule has 0 aromatic carbocycles. The van der Waals surface area contributed by atoms with Gasteiger partial charge < -0.3 is 5.32 Å². The van der Waals surface area contributed by atoms with Crippen LogP contribution in [0.5, 0.6) is 0 Å². The lowest BCUT2D eigenvalue weighted by Crippen LogP contribution is -2.29. The normalized spacial score (nSPS) is 10.4. The summed E-state index contributed by atoms with van der Waals surface area (Å²) < 4.78 is 1.33. The van der Waals surface area contributed by atoms with Crippen LogP contribution >= 0.6 is 0 Å². The topological polar surface area (TPSA) is 66.9 Å². The van der Waals surface area contributed by atoms with Gasteiger partial charge in [0, 0.05) is 18.7 Å². The van der Waals surface area contributed by atoms with Crippen LogP contribution in [0.3, 0.4) is 0 Å². The first-order valence-corrected chi connectivity index (χ1v) is 4.75. The van der Waals surface area contributed by atoms with E-state index in [9.17, 15) is 9.59 Å². The van der Waals surface area contributed by atoms with Gasteiger partial charge >= 0.3 is 0 Å². The van der Waals surface area contributed by atoms with Crippen LogP contribution in [-0.2, 0) is 6.54 Å². The molecule has 0 saturated carbocycles. The Bertz CT molecular complexity index is 380. The minimum atomic E-state index is -0.243. The number of rotatable bonds is 5. The molecule has 0 bridgehead atoms. The first-order chi connectivity index (χ1) is 6.74. The quantitative estimate of drug-likeness (QED) is 0.627. The largest absolute Gasteiger partial charge is 0.317 e. The van der Waals surface area contributed by atoms with E-state index in [4.69, 9.17) is 0 Å². The van der Waals surface area contributed by atoms with Gasteiger partial charge in [0.25, 0.3) is 11.1 Å². The minimum absolute atomic E-state index is 0.166. The fraction of sp³-hybridized carbons (Fsp3) is 0.556. The van der Waals surface area contributed by atoms with E-state index in [1.165, 1.54) is 16.8 Å². The van der Waals surface area contributed by atoms with E-state index in [1.807, 2.05) is 6.92 Å². The molecule has 1 aromatic rings. The highest BCUT2D eigenvalue weighted by Crippen LogP contribution is 1.80. The van der Waals surface area contributed by atoms with E-state index >= 15 is 0 Å². The number of hydrogen-bond donors (Lipinski definition) is 2. The molecule has 1 heterocycles. The minimum Gasteiger partial charge on any atom is -0.317 e. The molecule has 5 nitrogen and oxygen atoms in total. The maximum Gasteiger partial charge on any atom is 0.265 e. The zero-order chi connectivity index (χ0) is 10.4. The van der Waals surface area contributed by atoms with Crippen molar-refractivity contribution in [2.45, 2.75) is 19.9 Å². The zero-order valence-corrected chi connectivity index (χ0v) is 8.25. The third-order valence-corrected chi connectivity index (χ3v) is 1.87. The highest BCUT2D eigenvalue weighted by molar-refractivity contribution is 4.85. The van der Waals surface area contributed by atoms with Crippen LogP contribution in [0.4, 0.5) is 0 Å². The van der Waals surface area contributed by atoms with E-state index in [1.54, 1.807) is 0 Å². The number of aromatic amines is 1. The first-order valence-electron chi connectivity index (χ1n) is 4.75. The van der Waals surface area contributed by atoms with Crippen LogP contribution in [0, 0.1) is 0 Å². The molecule has 78 valence electrons. The number of H-pyrrole nitrogens is 1. The van der Waals surface area contributed by atoms with Crippen molar-refractivity contribution in [3.63, 3.8) is 0 Å². The van der Waals surface area contributed by atoms with Crippen molar-refractivity contribution in [3.05, 3.63) is 32.8 Å². The molecule has 0 amide bonds. The van der Waals surface area contributed by atoms with Gasteiger partial charge in [0.1, 0.15) is 0 Å².